The first-order valence-electron chi connectivity index (χ1n) is 3.84. The Morgan fingerprint density at radius 1 is 1.29 bits per heavy atom. The predicted octanol–water partition coefficient (Wildman–Crippen LogP) is 2.55. The Bertz CT molecular complexity index is 372. The highest BCUT2D eigenvalue weighted by molar-refractivity contribution is 6.32. The Balaban J connectivity index is 3.49. The summed E-state index contributed by atoms with van der Waals surface area (Å²) in [6.07, 6.45) is 0. The number of phenols is 1. The summed E-state index contributed by atoms with van der Waals surface area (Å²) in [5.74, 6) is -3.69. The molecule has 14 heavy (non-hydrogen) atoms. The van der Waals surface area contributed by atoms with Crippen molar-refractivity contribution in [2.45, 2.75) is 19.4 Å². The molecule has 0 unspecified atom stereocenters. The van der Waals surface area contributed by atoms with Crippen molar-refractivity contribution in [2.24, 2.45) is 0 Å². The molecule has 1 aromatic rings. The Morgan fingerprint density at radius 2 is 1.79 bits per heavy atom. The highest BCUT2D eigenvalue weighted by Gasteiger charge is 2.26. The highest BCUT2D eigenvalue weighted by Crippen LogP contribution is 2.34. The van der Waals surface area contributed by atoms with Gasteiger partial charge in [-0.3, -0.25) is 0 Å². The molecule has 0 aliphatic rings. The molecule has 1 aromatic carbocycles. The quantitative estimate of drug-likeness (QED) is 0.717. The molecule has 0 amide bonds. The lowest BCUT2D eigenvalue weighted by molar-refractivity contribution is 0.0735. The van der Waals surface area contributed by atoms with Gasteiger partial charge in [-0.1, -0.05) is 11.6 Å². The van der Waals surface area contributed by atoms with Crippen LogP contribution in [-0.4, -0.2) is 10.2 Å². The van der Waals surface area contributed by atoms with Gasteiger partial charge in [0.2, 0.25) is 5.82 Å². The Hall–Kier alpha value is -0.870. The second kappa shape index (κ2) is 3.37. The molecular formula is C9H9ClF2O2. The highest BCUT2D eigenvalue weighted by atomic mass is 35.5. The maximum absolute atomic E-state index is 13.2. The van der Waals surface area contributed by atoms with E-state index in [2.05, 4.69) is 0 Å². The molecule has 0 heterocycles. The largest absolute Gasteiger partial charge is 0.504 e. The van der Waals surface area contributed by atoms with Gasteiger partial charge in [0.05, 0.1) is 10.6 Å². The van der Waals surface area contributed by atoms with Crippen LogP contribution in [0, 0.1) is 11.6 Å². The van der Waals surface area contributed by atoms with E-state index in [0.29, 0.717) is 0 Å². The summed E-state index contributed by atoms with van der Waals surface area (Å²) in [7, 11) is 0. The Kier molecular flexibility index (Phi) is 2.69. The van der Waals surface area contributed by atoms with E-state index in [0.717, 1.165) is 6.07 Å². The SMILES string of the molecule is CC(C)(O)c1cc(Cl)c(O)c(F)c1F. The molecule has 0 bridgehead atoms. The minimum absolute atomic E-state index is 0.294. The molecule has 0 saturated carbocycles. The zero-order valence-electron chi connectivity index (χ0n) is 7.61. The second-order valence-corrected chi connectivity index (χ2v) is 3.85. The summed E-state index contributed by atoms with van der Waals surface area (Å²) in [6, 6.07) is 0.995. The first-order valence-corrected chi connectivity index (χ1v) is 4.22. The summed E-state index contributed by atoms with van der Waals surface area (Å²) in [5, 5.41) is 18.1. The van der Waals surface area contributed by atoms with Gasteiger partial charge in [-0.05, 0) is 19.9 Å². The molecule has 0 aliphatic carbocycles. The van der Waals surface area contributed by atoms with Crippen LogP contribution < -0.4 is 0 Å². The minimum atomic E-state index is -1.55. The first-order chi connectivity index (χ1) is 6.25. The van der Waals surface area contributed by atoms with E-state index in [4.69, 9.17) is 16.7 Å². The molecule has 0 spiro atoms. The number of rotatable bonds is 1. The molecule has 5 heteroatoms. The van der Waals surface area contributed by atoms with Gasteiger partial charge in [-0.15, -0.1) is 0 Å². The first kappa shape index (κ1) is 11.2. The fourth-order valence-corrected chi connectivity index (χ4v) is 1.22. The lowest BCUT2D eigenvalue weighted by Gasteiger charge is -2.19. The molecule has 1 rings (SSSR count). The van der Waals surface area contributed by atoms with Gasteiger partial charge in [-0.2, -0.15) is 4.39 Å². The van der Waals surface area contributed by atoms with Crippen molar-refractivity contribution in [1.82, 2.24) is 0 Å². The van der Waals surface area contributed by atoms with E-state index in [-0.39, 0.29) is 10.6 Å². The summed E-state index contributed by atoms with van der Waals surface area (Å²) in [5.41, 5.74) is -1.85. The number of aromatic hydroxyl groups is 1. The van der Waals surface area contributed by atoms with Gasteiger partial charge in [0.15, 0.2) is 11.6 Å². The Labute approximate surface area is 84.7 Å². The predicted molar refractivity (Wildman–Crippen MR) is 48.3 cm³/mol. The number of halogens is 3. The van der Waals surface area contributed by atoms with Crippen LogP contribution in [0.2, 0.25) is 5.02 Å². The number of benzene rings is 1. The van der Waals surface area contributed by atoms with Crippen molar-refractivity contribution in [3.8, 4) is 5.75 Å². The van der Waals surface area contributed by atoms with E-state index in [9.17, 15) is 13.9 Å². The van der Waals surface area contributed by atoms with Crippen molar-refractivity contribution in [1.29, 1.82) is 0 Å². The molecule has 2 N–H and O–H groups in total. The maximum atomic E-state index is 13.2. The van der Waals surface area contributed by atoms with Crippen molar-refractivity contribution in [2.75, 3.05) is 0 Å². The molecule has 2 nitrogen and oxygen atoms in total. The molecule has 0 atom stereocenters. The standard InChI is InChI=1S/C9H9ClF2O2/c1-9(2,14)4-3-5(10)8(13)7(12)6(4)11/h3,13-14H,1-2H3. The molecule has 0 radical (unpaired) electrons. The van der Waals surface area contributed by atoms with E-state index < -0.39 is 23.0 Å². The van der Waals surface area contributed by atoms with Gasteiger partial charge < -0.3 is 10.2 Å². The van der Waals surface area contributed by atoms with Crippen LogP contribution in [0.5, 0.6) is 5.75 Å². The summed E-state index contributed by atoms with van der Waals surface area (Å²) in [4.78, 5) is 0. The van der Waals surface area contributed by atoms with Crippen LogP contribution in [0.3, 0.4) is 0 Å². The fourth-order valence-electron chi connectivity index (χ4n) is 1.03. The summed E-state index contributed by atoms with van der Waals surface area (Å²) < 4.78 is 26.1. The normalized spacial score (nSPS) is 11.9. The number of hydrogen-bond acceptors (Lipinski definition) is 2. The van der Waals surface area contributed by atoms with Crippen LogP contribution in [-0.2, 0) is 5.60 Å². The second-order valence-electron chi connectivity index (χ2n) is 3.44. The van der Waals surface area contributed by atoms with Crippen LogP contribution in [0.15, 0.2) is 6.07 Å². The lowest BCUT2D eigenvalue weighted by atomic mass is 9.97. The molecular weight excluding hydrogens is 214 g/mol. The van der Waals surface area contributed by atoms with Crippen molar-refractivity contribution >= 4 is 11.6 Å². The van der Waals surface area contributed by atoms with E-state index >= 15 is 0 Å². The summed E-state index contributed by atoms with van der Waals surface area (Å²) in [6.45, 7) is 2.58. The Morgan fingerprint density at radius 3 is 2.21 bits per heavy atom. The molecule has 0 aliphatic heterocycles. The van der Waals surface area contributed by atoms with Crippen LogP contribution in [0.1, 0.15) is 19.4 Å². The van der Waals surface area contributed by atoms with Gasteiger partial charge in [-0.25, -0.2) is 4.39 Å². The van der Waals surface area contributed by atoms with Gasteiger partial charge in [0, 0.05) is 5.56 Å². The average Bonchev–Trinajstić information content (AvgIpc) is 2.06. The van der Waals surface area contributed by atoms with Gasteiger partial charge in [0.1, 0.15) is 0 Å². The zero-order valence-corrected chi connectivity index (χ0v) is 8.36. The molecule has 78 valence electrons. The monoisotopic (exact) mass is 222 g/mol. The molecule has 0 fully saturated rings. The van der Waals surface area contributed by atoms with Gasteiger partial charge >= 0.3 is 0 Å². The third kappa shape index (κ3) is 1.81. The zero-order chi connectivity index (χ0) is 11.1. The van der Waals surface area contributed by atoms with Gasteiger partial charge in [0.25, 0.3) is 0 Å². The molecule has 0 aromatic heterocycles. The van der Waals surface area contributed by atoms with Crippen molar-refractivity contribution in [3.05, 3.63) is 28.3 Å². The lowest BCUT2D eigenvalue weighted by Crippen LogP contribution is -2.18. The number of phenolic OH excluding ortho intramolecular Hbond substituents is 1. The van der Waals surface area contributed by atoms with E-state index in [1.165, 1.54) is 13.8 Å². The number of aliphatic hydroxyl groups is 1. The molecule has 0 saturated heterocycles. The van der Waals surface area contributed by atoms with E-state index in [1.54, 1.807) is 0 Å². The van der Waals surface area contributed by atoms with E-state index in [1.807, 2.05) is 0 Å². The number of hydrogen-bond donors (Lipinski definition) is 2. The fraction of sp³-hybridized carbons (Fsp3) is 0.333. The van der Waals surface area contributed by atoms with Crippen molar-refractivity contribution < 1.29 is 19.0 Å². The van der Waals surface area contributed by atoms with Crippen LogP contribution in [0.25, 0.3) is 0 Å². The van der Waals surface area contributed by atoms with Crippen molar-refractivity contribution in [3.63, 3.8) is 0 Å². The minimum Gasteiger partial charge on any atom is -0.504 e. The topological polar surface area (TPSA) is 40.5 Å². The summed E-state index contributed by atoms with van der Waals surface area (Å²) >= 11 is 5.43. The smallest absolute Gasteiger partial charge is 0.202 e. The maximum Gasteiger partial charge on any atom is 0.202 e. The third-order valence-electron chi connectivity index (χ3n) is 1.79. The van der Waals surface area contributed by atoms with Crippen LogP contribution >= 0.6 is 11.6 Å². The van der Waals surface area contributed by atoms with Crippen LogP contribution in [0.4, 0.5) is 8.78 Å². The third-order valence-corrected chi connectivity index (χ3v) is 2.08. The average molecular weight is 223 g/mol.